The zero-order chi connectivity index (χ0) is 18.4. The van der Waals surface area contributed by atoms with Crippen LogP contribution in [0.2, 0.25) is 0 Å². The van der Waals surface area contributed by atoms with E-state index in [0.29, 0.717) is 25.0 Å². The van der Waals surface area contributed by atoms with Crippen molar-refractivity contribution in [3.8, 4) is 5.95 Å². The van der Waals surface area contributed by atoms with Crippen LogP contribution in [-0.4, -0.2) is 60.5 Å². The average molecular weight is 365 g/mol. The van der Waals surface area contributed by atoms with Crippen molar-refractivity contribution < 1.29 is 9.84 Å². The molecule has 0 radical (unpaired) electrons. The molecule has 1 fully saturated rings. The lowest BCUT2D eigenvalue weighted by atomic mass is 10.3. The number of hydrogen-bond donors (Lipinski definition) is 1. The van der Waals surface area contributed by atoms with Gasteiger partial charge in [0.25, 0.3) is 0 Å². The highest BCUT2D eigenvalue weighted by Gasteiger charge is 2.22. The minimum atomic E-state index is -0.200. The van der Waals surface area contributed by atoms with Gasteiger partial charge in [-0.1, -0.05) is 12.1 Å². The topological polar surface area (TPSA) is 94.1 Å². The number of nitrogens with zero attached hydrogens (tertiary/aromatic N) is 7. The summed E-state index contributed by atoms with van der Waals surface area (Å²) in [5.41, 5.74) is 3.15. The van der Waals surface area contributed by atoms with Gasteiger partial charge in [0.1, 0.15) is 12.4 Å². The normalized spacial score (nSPS) is 15.1. The van der Waals surface area contributed by atoms with Crippen molar-refractivity contribution in [3.63, 3.8) is 0 Å². The Balaban J connectivity index is 1.78. The zero-order valence-electron chi connectivity index (χ0n) is 14.9. The summed E-state index contributed by atoms with van der Waals surface area (Å²) in [5, 5.41) is 9.84. The van der Waals surface area contributed by atoms with Gasteiger partial charge in [-0.05, 0) is 12.1 Å². The van der Waals surface area contributed by atoms with Gasteiger partial charge in [0.15, 0.2) is 17.0 Å². The highest BCUT2D eigenvalue weighted by molar-refractivity contribution is 5.85. The van der Waals surface area contributed by atoms with Crippen LogP contribution in [-0.2, 0) is 18.4 Å². The molecule has 3 aromatic heterocycles. The Labute approximate surface area is 154 Å². The van der Waals surface area contributed by atoms with Gasteiger partial charge in [-0.25, -0.2) is 9.97 Å². The summed E-state index contributed by atoms with van der Waals surface area (Å²) < 4.78 is 9.16. The number of morpholine rings is 1. The number of imidazole rings is 2. The first kappa shape index (κ1) is 16.2. The minimum Gasteiger partial charge on any atom is -0.388 e. The first-order chi connectivity index (χ1) is 13.3. The molecule has 5 rings (SSSR count). The van der Waals surface area contributed by atoms with E-state index in [-0.39, 0.29) is 6.61 Å². The molecular formula is C18H19N7O2. The molecule has 1 saturated heterocycles. The molecule has 0 amide bonds. The van der Waals surface area contributed by atoms with Gasteiger partial charge >= 0.3 is 0 Å². The lowest BCUT2D eigenvalue weighted by Crippen LogP contribution is -2.37. The van der Waals surface area contributed by atoms with Gasteiger partial charge < -0.3 is 19.3 Å². The fourth-order valence-electron chi connectivity index (χ4n) is 3.48. The Morgan fingerprint density at radius 2 is 1.93 bits per heavy atom. The van der Waals surface area contributed by atoms with Crippen LogP contribution in [0.25, 0.3) is 28.1 Å². The van der Waals surface area contributed by atoms with Gasteiger partial charge in [0, 0.05) is 20.1 Å². The van der Waals surface area contributed by atoms with E-state index in [1.54, 1.807) is 6.33 Å². The average Bonchev–Trinajstić information content (AvgIpc) is 3.28. The quantitative estimate of drug-likeness (QED) is 0.579. The number of hydrogen-bond acceptors (Lipinski definition) is 7. The van der Waals surface area contributed by atoms with Crippen LogP contribution in [0.15, 0.2) is 30.6 Å². The zero-order valence-corrected chi connectivity index (χ0v) is 14.9. The highest BCUT2D eigenvalue weighted by Crippen LogP contribution is 2.27. The SMILES string of the molecule is Cn1cnc2c(N3CCOCC3)nc(-n3c(CO)nc4ccccc43)nc21. The summed E-state index contributed by atoms with van der Waals surface area (Å²) in [6, 6.07) is 7.72. The molecule has 9 heteroatoms. The summed E-state index contributed by atoms with van der Waals surface area (Å²) in [5.74, 6) is 1.76. The molecule has 4 heterocycles. The maximum absolute atomic E-state index is 9.84. The molecule has 1 aliphatic rings. The molecule has 0 atom stereocenters. The van der Waals surface area contributed by atoms with Crippen molar-refractivity contribution in [3.05, 3.63) is 36.4 Å². The summed E-state index contributed by atoms with van der Waals surface area (Å²) >= 11 is 0. The fourth-order valence-corrected chi connectivity index (χ4v) is 3.48. The molecule has 0 saturated carbocycles. The molecule has 9 nitrogen and oxygen atoms in total. The minimum absolute atomic E-state index is 0.200. The standard InChI is InChI=1S/C18H19N7O2/c1-23-11-19-15-16(23)21-18(22-17(15)24-6-8-27-9-7-24)25-13-5-3-2-4-12(13)20-14(25)10-26/h2-5,11,26H,6-10H2,1H3. The molecule has 1 aliphatic heterocycles. The molecule has 0 aliphatic carbocycles. The summed E-state index contributed by atoms with van der Waals surface area (Å²) in [7, 11) is 1.91. The number of aryl methyl sites for hydroxylation is 1. The first-order valence-electron chi connectivity index (χ1n) is 8.85. The highest BCUT2D eigenvalue weighted by atomic mass is 16.5. The molecule has 0 spiro atoms. The van der Waals surface area contributed by atoms with Crippen LogP contribution >= 0.6 is 0 Å². The number of aliphatic hydroxyl groups excluding tert-OH is 1. The van der Waals surface area contributed by atoms with E-state index in [0.717, 1.165) is 41.1 Å². The maximum atomic E-state index is 9.84. The molecule has 4 aromatic rings. The van der Waals surface area contributed by atoms with Crippen molar-refractivity contribution in [2.24, 2.45) is 7.05 Å². The molecule has 0 unspecified atom stereocenters. The molecule has 138 valence electrons. The van der Waals surface area contributed by atoms with Crippen molar-refractivity contribution in [2.75, 3.05) is 31.2 Å². The molecule has 0 bridgehead atoms. The largest absolute Gasteiger partial charge is 0.388 e. The fraction of sp³-hybridized carbons (Fsp3) is 0.333. The van der Waals surface area contributed by atoms with Crippen LogP contribution in [0.1, 0.15) is 5.82 Å². The second kappa shape index (κ2) is 6.29. The van der Waals surface area contributed by atoms with E-state index in [9.17, 15) is 5.11 Å². The second-order valence-electron chi connectivity index (χ2n) is 6.48. The summed E-state index contributed by atoms with van der Waals surface area (Å²) in [6.45, 7) is 2.61. The van der Waals surface area contributed by atoms with Gasteiger partial charge in [-0.2, -0.15) is 9.97 Å². The third-order valence-corrected chi connectivity index (χ3v) is 4.81. The van der Waals surface area contributed by atoms with E-state index in [1.165, 1.54) is 0 Å². The third-order valence-electron chi connectivity index (χ3n) is 4.81. The van der Waals surface area contributed by atoms with Crippen LogP contribution in [0.5, 0.6) is 0 Å². The predicted molar refractivity (Wildman–Crippen MR) is 99.9 cm³/mol. The van der Waals surface area contributed by atoms with Crippen LogP contribution in [0.4, 0.5) is 5.82 Å². The predicted octanol–water partition coefficient (Wildman–Crippen LogP) is 1.03. The lowest BCUT2D eigenvalue weighted by molar-refractivity contribution is 0.122. The smallest absolute Gasteiger partial charge is 0.239 e. The number of para-hydroxylation sites is 2. The molecule has 1 aromatic carbocycles. The van der Waals surface area contributed by atoms with Gasteiger partial charge in [-0.3, -0.25) is 4.57 Å². The Kier molecular flexibility index (Phi) is 3.76. The Morgan fingerprint density at radius 1 is 1.11 bits per heavy atom. The van der Waals surface area contributed by atoms with E-state index in [4.69, 9.17) is 14.7 Å². The lowest BCUT2D eigenvalue weighted by Gasteiger charge is -2.28. The third kappa shape index (κ3) is 2.54. The van der Waals surface area contributed by atoms with Crippen molar-refractivity contribution in [2.45, 2.75) is 6.61 Å². The van der Waals surface area contributed by atoms with E-state index in [2.05, 4.69) is 14.9 Å². The number of fused-ring (bicyclic) bond motifs is 2. The summed E-state index contributed by atoms with van der Waals surface area (Å²) in [4.78, 5) is 20.8. The van der Waals surface area contributed by atoms with Crippen molar-refractivity contribution in [1.29, 1.82) is 0 Å². The number of benzene rings is 1. The monoisotopic (exact) mass is 365 g/mol. The first-order valence-corrected chi connectivity index (χ1v) is 8.85. The van der Waals surface area contributed by atoms with Gasteiger partial charge in [-0.15, -0.1) is 0 Å². The van der Waals surface area contributed by atoms with E-state index in [1.807, 2.05) is 40.4 Å². The van der Waals surface area contributed by atoms with Gasteiger partial charge in [0.05, 0.1) is 30.6 Å². The van der Waals surface area contributed by atoms with Crippen LogP contribution in [0, 0.1) is 0 Å². The number of ether oxygens (including phenoxy) is 1. The summed E-state index contributed by atoms with van der Waals surface area (Å²) in [6.07, 6.45) is 1.74. The number of rotatable bonds is 3. The Morgan fingerprint density at radius 3 is 2.74 bits per heavy atom. The maximum Gasteiger partial charge on any atom is 0.239 e. The molecule has 27 heavy (non-hydrogen) atoms. The molecule has 1 N–H and O–H groups in total. The van der Waals surface area contributed by atoms with E-state index < -0.39 is 0 Å². The van der Waals surface area contributed by atoms with Gasteiger partial charge in [0.2, 0.25) is 5.95 Å². The van der Waals surface area contributed by atoms with Crippen molar-refractivity contribution in [1.82, 2.24) is 29.1 Å². The van der Waals surface area contributed by atoms with Crippen LogP contribution in [0.3, 0.4) is 0 Å². The number of aliphatic hydroxyl groups is 1. The van der Waals surface area contributed by atoms with E-state index >= 15 is 0 Å². The van der Waals surface area contributed by atoms with Crippen LogP contribution < -0.4 is 4.90 Å². The second-order valence-corrected chi connectivity index (χ2v) is 6.48. The number of anilines is 1. The van der Waals surface area contributed by atoms with Crippen molar-refractivity contribution >= 4 is 28.0 Å². The number of aromatic nitrogens is 6. The Bertz CT molecular complexity index is 1130. The molecular weight excluding hydrogens is 346 g/mol. The Hall–Kier alpha value is -3.04.